The first-order chi connectivity index (χ1) is 9.58. The van der Waals surface area contributed by atoms with Crippen LogP contribution in [0, 0.1) is 12.7 Å². The number of para-hydroxylation sites is 1. The van der Waals surface area contributed by atoms with Gasteiger partial charge in [-0.15, -0.1) is 0 Å². The smallest absolute Gasteiger partial charge is 0.265 e. The zero-order chi connectivity index (χ0) is 14.3. The van der Waals surface area contributed by atoms with Crippen molar-refractivity contribution in [1.29, 1.82) is 0 Å². The Bertz CT molecular complexity index is 871. The van der Waals surface area contributed by atoms with Gasteiger partial charge in [-0.3, -0.25) is 9.36 Å². The Hall–Kier alpha value is -2.69. The largest absolute Gasteiger partial charge is 0.396 e. The molecule has 4 nitrogen and oxygen atoms in total. The summed E-state index contributed by atoms with van der Waals surface area (Å²) in [7, 11) is 0. The summed E-state index contributed by atoms with van der Waals surface area (Å²) >= 11 is 0. The molecule has 0 saturated heterocycles. The third kappa shape index (κ3) is 1.84. The summed E-state index contributed by atoms with van der Waals surface area (Å²) in [6.45, 7) is 1.73. The number of nitrogens with zero attached hydrogens (tertiary/aromatic N) is 2. The van der Waals surface area contributed by atoms with E-state index < -0.39 is 5.82 Å². The lowest BCUT2D eigenvalue weighted by Gasteiger charge is -2.11. The fourth-order valence-corrected chi connectivity index (χ4v) is 2.22. The van der Waals surface area contributed by atoms with Crippen molar-refractivity contribution in [2.75, 3.05) is 5.73 Å². The van der Waals surface area contributed by atoms with Crippen LogP contribution >= 0.6 is 0 Å². The Balaban J connectivity index is 2.36. The molecule has 0 amide bonds. The van der Waals surface area contributed by atoms with E-state index in [1.54, 1.807) is 25.1 Å². The molecule has 2 N–H and O–H groups in total. The number of nitrogen functional groups attached to an aromatic ring is 1. The van der Waals surface area contributed by atoms with Gasteiger partial charge in [-0.2, -0.15) is 0 Å². The highest BCUT2D eigenvalue weighted by Gasteiger charge is 2.10. The van der Waals surface area contributed by atoms with E-state index in [-0.39, 0.29) is 11.2 Å². The maximum absolute atomic E-state index is 13.2. The van der Waals surface area contributed by atoms with Gasteiger partial charge < -0.3 is 5.73 Å². The Morgan fingerprint density at radius 1 is 1.20 bits per heavy atom. The third-order valence-electron chi connectivity index (χ3n) is 3.18. The molecule has 1 aromatic heterocycles. The lowest BCUT2D eigenvalue weighted by Crippen LogP contribution is -2.22. The second-order valence-corrected chi connectivity index (χ2v) is 4.52. The van der Waals surface area contributed by atoms with Crippen LogP contribution < -0.4 is 11.3 Å². The quantitative estimate of drug-likeness (QED) is 0.690. The van der Waals surface area contributed by atoms with Crippen molar-refractivity contribution in [2.24, 2.45) is 0 Å². The van der Waals surface area contributed by atoms with Gasteiger partial charge in [0.25, 0.3) is 5.56 Å². The number of nitrogens with two attached hydrogens (primary N) is 1. The zero-order valence-electron chi connectivity index (χ0n) is 10.8. The minimum Gasteiger partial charge on any atom is -0.396 e. The molecule has 3 aromatic rings. The van der Waals surface area contributed by atoms with Crippen LogP contribution in [0.4, 0.5) is 10.1 Å². The average Bonchev–Trinajstić information content (AvgIpc) is 2.43. The molecule has 1 heterocycles. The van der Waals surface area contributed by atoms with Crippen LogP contribution in [-0.4, -0.2) is 9.55 Å². The molecule has 0 radical (unpaired) electrons. The first-order valence-corrected chi connectivity index (χ1v) is 6.12. The first kappa shape index (κ1) is 12.3. The lowest BCUT2D eigenvalue weighted by atomic mass is 10.2. The van der Waals surface area contributed by atoms with Crippen LogP contribution in [0.1, 0.15) is 5.82 Å². The number of aryl methyl sites for hydroxylation is 1. The summed E-state index contributed by atoms with van der Waals surface area (Å²) < 4.78 is 14.7. The summed E-state index contributed by atoms with van der Waals surface area (Å²) in [6, 6.07) is 11.3. The SMILES string of the molecule is Cc1nc2ccccc2c(=O)n1-c1ccc(F)c(N)c1. The van der Waals surface area contributed by atoms with Crippen molar-refractivity contribution >= 4 is 16.6 Å². The molecule has 0 atom stereocenters. The number of halogens is 1. The number of rotatable bonds is 1. The highest BCUT2D eigenvalue weighted by Crippen LogP contribution is 2.17. The molecule has 100 valence electrons. The molecule has 0 aliphatic heterocycles. The number of hydrogen-bond acceptors (Lipinski definition) is 3. The van der Waals surface area contributed by atoms with E-state index in [2.05, 4.69) is 4.98 Å². The Kier molecular flexibility index (Phi) is 2.75. The first-order valence-electron chi connectivity index (χ1n) is 6.12. The number of anilines is 1. The van der Waals surface area contributed by atoms with Crippen molar-refractivity contribution in [3.05, 3.63) is 64.5 Å². The van der Waals surface area contributed by atoms with Crippen molar-refractivity contribution in [1.82, 2.24) is 9.55 Å². The standard InChI is InChI=1S/C15H12FN3O/c1-9-18-14-5-3-2-4-11(14)15(20)19(9)10-6-7-12(16)13(17)8-10/h2-8H,17H2,1H3. The van der Waals surface area contributed by atoms with Gasteiger partial charge in [0.1, 0.15) is 11.6 Å². The van der Waals surface area contributed by atoms with E-state index >= 15 is 0 Å². The van der Waals surface area contributed by atoms with Gasteiger partial charge in [-0.1, -0.05) is 12.1 Å². The molecule has 0 bridgehead atoms. The molecule has 0 saturated carbocycles. The Morgan fingerprint density at radius 3 is 2.70 bits per heavy atom. The normalized spacial score (nSPS) is 10.9. The predicted octanol–water partition coefficient (Wildman–Crippen LogP) is 2.42. The van der Waals surface area contributed by atoms with Gasteiger partial charge in [0, 0.05) is 0 Å². The van der Waals surface area contributed by atoms with Crippen molar-refractivity contribution < 1.29 is 4.39 Å². The summed E-state index contributed by atoms with van der Waals surface area (Å²) in [5.74, 6) is 0.0212. The molecule has 20 heavy (non-hydrogen) atoms. The highest BCUT2D eigenvalue weighted by molar-refractivity contribution is 5.77. The maximum atomic E-state index is 13.2. The molecule has 5 heteroatoms. The summed E-state index contributed by atoms with van der Waals surface area (Å²) in [6.07, 6.45) is 0. The summed E-state index contributed by atoms with van der Waals surface area (Å²) in [5.41, 5.74) is 6.51. The molecular formula is C15H12FN3O. The van der Waals surface area contributed by atoms with Gasteiger partial charge in [0.05, 0.1) is 22.3 Å². The number of aromatic nitrogens is 2. The Morgan fingerprint density at radius 2 is 1.95 bits per heavy atom. The number of hydrogen-bond donors (Lipinski definition) is 1. The number of fused-ring (bicyclic) bond motifs is 1. The van der Waals surface area contributed by atoms with E-state index in [0.29, 0.717) is 22.4 Å². The molecule has 0 aliphatic carbocycles. The van der Waals surface area contributed by atoms with Gasteiger partial charge in [0.15, 0.2) is 0 Å². The predicted molar refractivity (Wildman–Crippen MR) is 76.4 cm³/mol. The van der Waals surface area contributed by atoms with Gasteiger partial charge in [0.2, 0.25) is 0 Å². The van der Waals surface area contributed by atoms with E-state index in [0.717, 1.165) is 0 Å². The van der Waals surface area contributed by atoms with Crippen LogP contribution in [0.15, 0.2) is 47.3 Å². The van der Waals surface area contributed by atoms with Crippen LogP contribution in [0.2, 0.25) is 0 Å². The fourth-order valence-electron chi connectivity index (χ4n) is 2.22. The van der Waals surface area contributed by atoms with Gasteiger partial charge >= 0.3 is 0 Å². The van der Waals surface area contributed by atoms with Crippen molar-refractivity contribution in [2.45, 2.75) is 6.92 Å². The summed E-state index contributed by atoms with van der Waals surface area (Å²) in [4.78, 5) is 16.9. The van der Waals surface area contributed by atoms with Gasteiger partial charge in [-0.05, 0) is 37.3 Å². The van der Waals surface area contributed by atoms with E-state index in [9.17, 15) is 9.18 Å². The summed E-state index contributed by atoms with van der Waals surface area (Å²) in [5, 5.41) is 0.515. The van der Waals surface area contributed by atoms with Crippen LogP contribution in [0.3, 0.4) is 0 Å². The molecule has 0 aliphatic rings. The van der Waals surface area contributed by atoms with Crippen LogP contribution in [0.25, 0.3) is 16.6 Å². The topological polar surface area (TPSA) is 60.9 Å². The second kappa shape index (κ2) is 4.45. The molecule has 2 aromatic carbocycles. The molecule has 3 rings (SSSR count). The van der Waals surface area contributed by atoms with E-state index in [4.69, 9.17) is 5.73 Å². The van der Waals surface area contributed by atoms with Gasteiger partial charge in [-0.25, -0.2) is 9.37 Å². The molecular weight excluding hydrogens is 257 g/mol. The number of benzene rings is 2. The molecule has 0 fully saturated rings. The Labute approximate surface area is 114 Å². The maximum Gasteiger partial charge on any atom is 0.265 e. The zero-order valence-corrected chi connectivity index (χ0v) is 10.8. The molecule has 0 spiro atoms. The van der Waals surface area contributed by atoms with Crippen molar-refractivity contribution in [3.63, 3.8) is 0 Å². The molecule has 0 unspecified atom stereocenters. The van der Waals surface area contributed by atoms with Crippen LogP contribution in [0.5, 0.6) is 0 Å². The lowest BCUT2D eigenvalue weighted by molar-refractivity contribution is 0.632. The van der Waals surface area contributed by atoms with Crippen LogP contribution in [-0.2, 0) is 0 Å². The van der Waals surface area contributed by atoms with E-state index in [1.165, 1.54) is 22.8 Å². The highest BCUT2D eigenvalue weighted by atomic mass is 19.1. The second-order valence-electron chi connectivity index (χ2n) is 4.52. The third-order valence-corrected chi connectivity index (χ3v) is 3.18. The minimum atomic E-state index is -0.506. The monoisotopic (exact) mass is 269 g/mol. The fraction of sp³-hybridized carbons (Fsp3) is 0.0667. The van der Waals surface area contributed by atoms with E-state index in [1.807, 2.05) is 6.07 Å². The van der Waals surface area contributed by atoms with Crippen molar-refractivity contribution in [3.8, 4) is 5.69 Å². The minimum absolute atomic E-state index is 0.00181. The average molecular weight is 269 g/mol.